The molecule has 0 saturated carbocycles. The third-order valence-electron chi connectivity index (χ3n) is 5.18. The third kappa shape index (κ3) is 3.29. The minimum Gasteiger partial charge on any atom is -0.339 e. The zero-order valence-corrected chi connectivity index (χ0v) is 16.6. The van der Waals surface area contributed by atoms with Gasteiger partial charge in [-0.25, -0.2) is 4.90 Å². The molecule has 0 unspecified atom stereocenters. The Labute approximate surface area is 172 Å². The maximum absolute atomic E-state index is 13.0. The van der Waals surface area contributed by atoms with Crippen LogP contribution in [-0.2, 0) is 0 Å². The van der Waals surface area contributed by atoms with Crippen molar-refractivity contribution < 1.29 is 14.4 Å². The molecule has 1 fully saturated rings. The predicted molar refractivity (Wildman–Crippen MR) is 108 cm³/mol. The highest BCUT2D eigenvalue weighted by molar-refractivity contribution is 6.41. The van der Waals surface area contributed by atoms with Crippen LogP contribution in [0, 0.1) is 0 Å². The first-order valence-electron chi connectivity index (χ1n) is 9.24. The van der Waals surface area contributed by atoms with Gasteiger partial charge in [-0.2, -0.15) is 0 Å². The van der Waals surface area contributed by atoms with Crippen LogP contribution in [0.1, 0.15) is 56.8 Å². The van der Waals surface area contributed by atoms with Gasteiger partial charge in [-0.3, -0.25) is 14.4 Å². The standard InChI is InChI=1S/C21H18Cl2N2O3/c22-14-6-8-17(23)18(12-14)25-20(27)15-7-5-13(11-16(15)21(25)28)19(26)24-9-3-1-2-4-10-24/h5-8,11-12H,1-4,9-10H2. The van der Waals surface area contributed by atoms with Crippen LogP contribution < -0.4 is 4.90 Å². The molecule has 2 aromatic carbocycles. The Balaban J connectivity index is 1.67. The number of nitrogens with zero attached hydrogens (tertiary/aromatic N) is 2. The minimum atomic E-state index is -0.505. The Kier molecular flexibility index (Phi) is 5.13. The molecule has 2 heterocycles. The summed E-state index contributed by atoms with van der Waals surface area (Å²) < 4.78 is 0. The van der Waals surface area contributed by atoms with Crippen LogP contribution in [-0.4, -0.2) is 35.7 Å². The van der Waals surface area contributed by atoms with Crippen molar-refractivity contribution in [3.05, 3.63) is 63.1 Å². The minimum absolute atomic E-state index is 0.107. The van der Waals surface area contributed by atoms with Crippen LogP contribution in [0.5, 0.6) is 0 Å². The van der Waals surface area contributed by atoms with Crippen LogP contribution in [0.4, 0.5) is 5.69 Å². The summed E-state index contributed by atoms with van der Waals surface area (Å²) in [6, 6.07) is 9.27. The quantitative estimate of drug-likeness (QED) is 0.659. The molecule has 0 aliphatic carbocycles. The molecule has 1 saturated heterocycles. The molecule has 0 spiro atoms. The zero-order chi connectivity index (χ0) is 19.8. The lowest BCUT2D eigenvalue weighted by molar-refractivity contribution is 0.0761. The first-order chi connectivity index (χ1) is 13.5. The van der Waals surface area contributed by atoms with Crippen LogP contribution in [0.25, 0.3) is 0 Å². The molecule has 2 aliphatic rings. The Morgan fingerprint density at radius 1 is 0.821 bits per heavy atom. The number of rotatable bonds is 2. The Hall–Kier alpha value is -2.37. The highest BCUT2D eigenvalue weighted by Gasteiger charge is 2.38. The first kappa shape index (κ1) is 19.0. The average Bonchev–Trinajstić information content (AvgIpc) is 2.88. The molecule has 0 radical (unpaired) electrons. The fraction of sp³-hybridized carbons (Fsp3) is 0.286. The van der Waals surface area contributed by atoms with Crippen molar-refractivity contribution >= 4 is 46.6 Å². The van der Waals surface area contributed by atoms with Gasteiger partial charge in [-0.05, 0) is 49.2 Å². The largest absolute Gasteiger partial charge is 0.339 e. The Morgan fingerprint density at radius 3 is 2.21 bits per heavy atom. The van der Waals surface area contributed by atoms with Gasteiger partial charge in [0.1, 0.15) is 0 Å². The molecule has 4 rings (SSSR count). The predicted octanol–water partition coefficient (Wildman–Crippen LogP) is 4.81. The molecule has 0 bridgehead atoms. The van der Waals surface area contributed by atoms with E-state index in [2.05, 4.69) is 0 Å². The topological polar surface area (TPSA) is 57.7 Å². The maximum atomic E-state index is 13.0. The van der Waals surface area contributed by atoms with Gasteiger partial charge in [0, 0.05) is 23.7 Å². The SMILES string of the molecule is O=C(c1ccc2c(c1)C(=O)N(c1cc(Cl)ccc1Cl)C2=O)N1CCCCCC1. The lowest BCUT2D eigenvalue weighted by Gasteiger charge is -2.20. The number of carbonyl (C=O) groups is 3. The lowest BCUT2D eigenvalue weighted by Crippen LogP contribution is -2.32. The van der Waals surface area contributed by atoms with Gasteiger partial charge in [-0.1, -0.05) is 36.0 Å². The number of benzene rings is 2. The molecule has 28 heavy (non-hydrogen) atoms. The van der Waals surface area contributed by atoms with Crippen LogP contribution in [0.3, 0.4) is 0 Å². The van der Waals surface area contributed by atoms with Gasteiger partial charge in [0.05, 0.1) is 21.8 Å². The van der Waals surface area contributed by atoms with Gasteiger partial charge >= 0.3 is 0 Å². The van der Waals surface area contributed by atoms with Crippen molar-refractivity contribution in [1.82, 2.24) is 4.90 Å². The van der Waals surface area contributed by atoms with E-state index in [1.54, 1.807) is 18.2 Å². The molecule has 3 amide bonds. The van der Waals surface area contributed by atoms with Crippen LogP contribution in [0.15, 0.2) is 36.4 Å². The van der Waals surface area contributed by atoms with E-state index in [1.807, 2.05) is 4.90 Å². The molecule has 2 aliphatic heterocycles. The molecular formula is C21H18Cl2N2O3. The number of hydrogen-bond acceptors (Lipinski definition) is 3. The van der Waals surface area contributed by atoms with E-state index < -0.39 is 11.8 Å². The fourth-order valence-corrected chi connectivity index (χ4v) is 4.07. The molecule has 2 aromatic rings. The number of anilines is 1. The number of amides is 3. The number of imide groups is 1. The summed E-state index contributed by atoms with van der Waals surface area (Å²) in [5, 5.41) is 0.618. The summed E-state index contributed by atoms with van der Waals surface area (Å²) in [6.07, 6.45) is 4.21. The second kappa shape index (κ2) is 7.57. The van der Waals surface area contributed by atoms with E-state index in [4.69, 9.17) is 23.2 Å². The van der Waals surface area contributed by atoms with Gasteiger partial charge in [-0.15, -0.1) is 0 Å². The number of carbonyl (C=O) groups excluding carboxylic acids is 3. The van der Waals surface area contributed by atoms with E-state index in [-0.39, 0.29) is 27.7 Å². The van der Waals surface area contributed by atoms with Crippen LogP contribution in [0.2, 0.25) is 10.0 Å². The molecule has 0 atom stereocenters. The number of halogens is 2. The van der Waals surface area contributed by atoms with Crippen molar-refractivity contribution in [3.8, 4) is 0 Å². The Bertz CT molecular complexity index is 982. The summed E-state index contributed by atoms with van der Waals surface area (Å²) in [7, 11) is 0. The molecular weight excluding hydrogens is 399 g/mol. The van der Waals surface area contributed by atoms with Crippen LogP contribution >= 0.6 is 23.2 Å². The molecule has 5 nitrogen and oxygen atoms in total. The van der Waals surface area contributed by atoms with E-state index in [1.165, 1.54) is 18.2 Å². The van der Waals surface area contributed by atoms with Crippen molar-refractivity contribution in [3.63, 3.8) is 0 Å². The summed E-state index contributed by atoms with van der Waals surface area (Å²) in [6.45, 7) is 1.43. The molecule has 0 aromatic heterocycles. The van der Waals surface area contributed by atoms with E-state index in [0.29, 0.717) is 23.7 Å². The third-order valence-corrected chi connectivity index (χ3v) is 5.73. The maximum Gasteiger partial charge on any atom is 0.266 e. The lowest BCUT2D eigenvalue weighted by atomic mass is 10.0. The zero-order valence-electron chi connectivity index (χ0n) is 15.1. The summed E-state index contributed by atoms with van der Waals surface area (Å²) >= 11 is 12.2. The number of hydrogen-bond donors (Lipinski definition) is 0. The van der Waals surface area contributed by atoms with Crippen molar-refractivity contribution in [2.45, 2.75) is 25.7 Å². The van der Waals surface area contributed by atoms with Gasteiger partial charge in [0.2, 0.25) is 0 Å². The first-order valence-corrected chi connectivity index (χ1v) is 10.00. The summed E-state index contributed by atoms with van der Waals surface area (Å²) in [5.74, 6) is -1.09. The van der Waals surface area contributed by atoms with Gasteiger partial charge in [0.15, 0.2) is 0 Å². The number of fused-ring (bicyclic) bond motifs is 1. The van der Waals surface area contributed by atoms with E-state index in [9.17, 15) is 14.4 Å². The normalized spacial score (nSPS) is 16.9. The second-order valence-electron chi connectivity index (χ2n) is 7.01. The second-order valence-corrected chi connectivity index (χ2v) is 7.85. The highest BCUT2D eigenvalue weighted by atomic mass is 35.5. The molecule has 144 valence electrons. The van der Waals surface area contributed by atoms with Crippen molar-refractivity contribution in [2.75, 3.05) is 18.0 Å². The smallest absolute Gasteiger partial charge is 0.266 e. The summed E-state index contributed by atoms with van der Waals surface area (Å²) in [5.41, 5.74) is 1.12. The number of likely N-dealkylation sites (tertiary alicyclic amines) is 1. The monoisotopic (exact) mass is 416 g/mol. The van der Waals surface area contributed by atoms with E-state index >= 15 is 0 Å². The van der Waals surface area contributed by atoms with Crippen molar-refractivity contribution in [2.24, 2.45) is 0 Å². The summed E-state index contributed by atoms with van der Waals surface area (Å²) in [4.78, 5) is 41.5. The van der Waals surface area contributed by atoms with Crippen molar-refractivity contribution in [1.29, 1.82) is 0 Å². The molecule has 0 N–H and O–H groups in total. The van der Waals surface area contributed by atoms with E-state index in [0.717, 1.165) is 30.6 Å². The average molecular weight is 417 g/mol. The Morgan fingerprint density at radius 2 is 1.50 bits per heavy atom. The van der Waals surface area contributed by atoms with Gasteiger partial charge < -0.3 is 4.90 Å². The highest BCUT2D eigenvalue weighted by Crippen LogP contribution is 2.35. The van der Waals surface area contributed by atoms with Gasteiger partial charge in [0.25, 0.3) is 17.7 Å². The fourth-order valence-electron chi connectivity index (χ4n) is 3.71. The molecule has 7 heteroatoms.